The maximum Gasteiger partial charge on any atom is 0.125 e. The summed E-state index contributed by atoms with van der Waals surface area (Å²) in [6, 6.07) is 2.46. The quantitative estimate of drug-likeness (QED) is 0.857. The Morgan fingerprint density at radius 3 is 2.42 bits per heavy atom. The van der Waals surface area contributed by atoms with Crippen molar-refractivity contribution in [1.29, 1.82) is 0 Å². The smallest absolute Gasteiger partial charge is 0.125 e. The summed E-state index contributed by atoms with van der Waals surface area (Å²) in [6.45, 7) is 10.4. The summed E-state index contributed by atoms with van der Waals surface area (Å²) in [5.41, 5.74) is 11.0. The van der Waals surface area contributed by atoms with Crippen LogP contribution in [-0.2, 0) is 6.42 Å². The van der Waals surface area contributed by atoms with E-state index in [1.807, 2.05) is 6.92 Å². The Kier molecular flexibility index (Phi) is 5.83. The van der Waals surface area contributed by atoms with Crippen LogP contribution in [0.4, 0.5) is 0 Å². The lowest BCUT2D eigenvalue weighted by molar-refractivity contribution is 0.318. The minimum absolute atomic E-state index is 0.216. The van der Waals surface area contributed by atoms with E-state index in [0.717, 1.165) is 25.3 Å². The number of methoxy groups -OCH3 is 1. The Morgan fingerprint density at radius 2 is 1.89 bits per heavy atom. The van der Waals surface area contributed by atoms with Crippen molar-refractivity contribution in [2.24, 2.45) is 5.73 Å². The van der Waals surface area contributed by atoms with E-state index in [1.54, 1.807) is 7.11 Å². The molecule has 0 bridgehead atoms. The van der Waals surface area contributed by atoms with Gasteiger partial charge in [-0.15, -0.1) is 0 Å². The van der Waals surface area contributed by atoms with Crippen LogP contribution in [0, 0.1) is 20.8 Å². The topological polar surface area (TPSA) is 38.5 Å². The van der Waals surface area contributed by atoms with Gasteiger partial charge in [-0.3, -0.25) is 0 Å². The fourth-order valence-corrected chi connectivity index (χ4v) is 2.58. The maximum absolute atomic E-state index is 5.83. The predicted octanol–water partition coefficient (Wildman–Crippen LogP) is 2.44. The van der Waals surface area contributed by atoms with Crippen molar-refractivity contribution in [2.45, 2.75) is 40.2 Å². The van der Waals surface area contributed by atoms with Crippen LogP contribution < -0.4 is 10.5 Å². The Morgan fingerprint density at radius 1 is 1.26 bits per heavy atom. The fraction of sp³-hybridized carbons (Fsp3) is 0.625. The first kappa shape index (κ1) is 16.0. The monoisotopic (exact) mass is 264 g/mol. The van der Waals surface area contributed by atoms with Gasteiger partial charge in [-0.25, -0.2) is 0 Å². The van der Waals surface area contributed by atoms with E-state index in [2.05, 4.69) is 38.8 Å². The van der Waals surface area contributed by atoms with Gasteiger partial charge in [0.25, 0.3) is 0 Å². The van der Waals surface area contributed by atoms with E-state index >= 15 is 0 Å². The predicted molar refractivity (Wildman–Crippen MR) is 82.1 cm³/mol. The van der Waals surface area contributed by atoms with E-state index in [4.69, 9.17) is 10.5 Å². The van der Waals surface area contributed by atoms with Crippen molar-refractivity contribution in [1.82, 2.24) is 4.90 Å². The highest BCUT2D eigenvalue weighted by molar-refractivity contribution is 5.49. The molecule has 0 saturated heterocycles. The number of benzene rings is 1. The van der Waals surface area contributed by atoms with Crippen LogP contribution in [0.25, 0.3) is 0 Å². The normalized spacial score (nSPS) is 12.8. The lowest BCUT2D eigenvalue weighted by Gasteiger charge is -2.21. The molecule has 0 fully saturated rings. The summed E-state index contributed by atoms with van der Waals surface area (Å²) in [4.78, 5) is 2.28. The van der Waals surface area contributed by atoms with Gasteiger partial charge in [0.15, 0.2) is 0 Å². The largest absolute Gasteiger partial charge is 0.496 e. The average Bonchev–Trinajstić information content (AvgIpc) is 2.31. The average molecular weight is 264 g/mol. The summed E-state index contributed by atoms with van der Waals surface area (Å²) in [5, 5.41) is 0. The number of nitrogens with two attached hydrogens (primary N) is 1. The third-order valence-electron chi connectivity index (χ3n) is 3.66. The number of likely N-dealkylation sites (N-methyl/N-ethyl adjacent to an activating group) is 1. The third kappa shape index (κ3) is 4.22. The first-order valence-corrected chi connectivity index (χ1v) is 6.94. The van der Waals surface area contributed by atoms with Crippen LogP contribution in [0.5, 0.6) is 5.75 Å². The van der Waals surface area contributed by atoms with Crippen molar-refractivity contribution in [2.75, 3.05) is 27.2 Å². The lowest BCUT2D eigenvalue weighted by Crippen LogP contribution is -2.34. The number of rotatable bonds is 6. The standard InChI is InChI=1S/C16H28N2O/c1-11-9-12(2)15(16(19-6)14(11)4)7-8-18(5)10-13(3)17/h9,13H,7-8,10,17H2,1-6H3. The molecule has 3 heteroatoms. The van der Waals surface area contributed by atoms with E-state index in [-0.39, 0.29) is 6.04 Å². The molecule has 0 aliphatic rings. The molecule has 3 nitrogen and oxygen atoms in total. The zero-order valence-corrected chi connectivity index (χ0v) is 13.2. The number of hydrogen-bond donors (Lipinski definition) is 1. The minimum atomic E-state index is 0.216. The first-order chi connectivity index (χ1) is 8.86. The van der Waals surface area contributed by atoms with Crippen LogP contribution in [0.15, 0.2) is 6.07 Å². The molecule has 0 radical (unpaired) electrons. The van der Waals surface area contributed by atoms with Gasteiger partial charge in [0.2, 0.25) is 0 Å². The minimum Gasteiger partial charge on any atom is -0.496 e. The molecule has 2 N–H and O–H groups in total. The summed E-state index contributed by atoms with van der Waals surface area (Å²) in [7, 11) is 3.88. The van der Waals surface area contributed by atoms with Crippen molar-refractivity contribution < 1.29 is 4.74 Å². The molecular formula is C16H28N2O. The van der Waals surface area contributed by atoms with Gasteiger partial charge >= 0.3 is 0 Å². The van der Waals surface area contributed by atoms with Crippen molar-refractivity contribution >= 4 is 0 Å². The van der Waals surface area contributed by atoms with Gasteiger partial charge in [-0.1, -0.05) is 6.07 Å². The fourth-order valence-electron chi connectivity index (χ4n) is 2.58. The molecular weight excluding hydrogens is 236 g/mol. The van der Waals surface area contributed by atoms with E-state index in [9.17, 15) is 0 Å². The number of nitrogens with zero attached hydrogens (tertiary/aromatic N) is 1. The third-order valence-corrected chi connectivity index (χ3v) is 3.66. The molecule has 0 aromatic heterocycles. The summed E-state index contributed by atoms with van der Waals surface area (Å²) in [6.07, 6.45) is 0.999. The lowest BCUT2D eigenvalue weighted by atomic mass is 9.97. The molecule has 108 valence electrons. The Balaban J connectivity index is 2.86. The molecule has 1 rings (SSSR count). The molecule has 1 aromatic carbocycles. The second kappa shape index (κ2) is 6.92. The molecule has 0 aliphatic carbocycles. The van der Waals surface area contributed by atoms with Crippen LogP contribution in [0.3, 0.4) is 0 Å². The van der Waals surface area contributed by atoms with E-state index in [1.165, 1.54) is 22.3 Å². The summed E-state index contributed by atoms with van der Waals surface area (Å²) < 4.78 is 5.61. The summed E-state index contributed by atoms with van der Waals surface area (Å²) in [5.74, 6) is 1.05. The zero-order valence-electron chi connectivity index (χ0n) is 13.2. The number of aryl methyl sites for hydroxylation is 2. The van der Waals surface area contributed by atoms with E-state index in [0.29, 0.717) is 0 Å². The summed E-state index contributed by atoms with van der Waals surface area (Å²) >= 11 is 0. The SMILES string of the molecule is COc1c(C)c(C)cc(C)c1CCN(C)CC(C)N. The second-order valence-corrected chi connectivity index (χ2v) is 5.64. The van der Waals surface area contributed by atoms with Gasteiger partial charge in [-0.05, 0) is 63.4 Å². The van der Waals surface area contributed by atoms with Crippen molar-refractivity contribution in [3.63, 3.8) is 0 Å². The Labute approximate surface area is 117 Å². The molecule has 1 aromatic rings. The molecule has 1 atom stereocenters. The second-order valence-electron chi connectivity index (χ2n) is 5.64. The molecule has 0 amide bonds. The molecule has 1 unspecified atom stereocenters. The molecule has 19 heavy (non-hydrogen) atoms. The van der Waals surface area contributed by atoms with Gasteiger partial charge in [0, 0.05) is 19.1 Å². The molecule has 0 saturated carbocycles. The van der Waals surface area contributed by atoms with Gasteiger partial charge in [0.1, 0.15) is 5.75 Å². The van der Waals surface area contributed by atoms with Crippen LogP contribution in [0.1, 0.15) is 29.2 Å². The number of ether oxygens (including phenoxy) is 1. The zero-order chi connectivity index (χ0) is 14.6. The van der Waals surface area contributed by atoms with Crippen LogP contribution in [0.2, 0.25) is 0 Å². The molecule has 0 heterocycles. The first-order valence-electron chi connectivity index (χ1n) is 6.94. The van der Waals surface area contributed by atoms with Crippen LogP contribution >= 0.6 is 0 Å². The highest BCUT2D eigenvalue weighted by Crippen LogP contribution is 2.29. The van der Waals surface area contributed by atoms with Gasteiger partial charge in [-0.2, -0.15) is 0 Å². The van der Waals surface area contributed by atoms with Gasteiger partial charge in [0.05, 0.1) is 7.11 Å². The van der Waals surface area contributed by atoms with Gasteiger partial charge < -0.3 is 15.4 Å². The van der Waals surface area contributed by atoms with Crippen LogP contribution in [-0.4, -0.2) is 38.2 Å². The Hall–Kier alpha value is -1.06. The maximum atomic E-state index is 5.83. The Bertz CT molecular complexity index is 427. The van der Waals surface area contributed by atoms with Crippen molar-refractivity contribution in [3.8, 4) is 5.75 Å². The molecule has 0 spiro atoms. The van der Waals surface area contributed by atoms with E-state index < -0.39 is 0 Å². The number of hydrogen-bond acceptors (Lipinski definition) is 3. The highest BCUT2D eigenvalue weighted by Gasteiger charge is 2.13. The molecule has 0 aliphatic heterocycles. The highest BCUT2D eigenvalue weighted by atomic mass is 16.5. The van der Waals surface area contributed by atoms with Crippen molar-refractivity contribution in [3.05, 3.63) is 28.3 Å².